The Morgan fingerprint density at radius 2 is 1.57 bits per heavy atom. The number of carbonyl (C=O) groups excluding carboxylic acids is 4. The van der Waals surface area contributed by atoms with Crippen LogP contribution in [0.5, 0.6) is 0 Å². The van der Waals surface area contributed by atoms with Crippen molar-refractivity contribution >= 4 is 40.8 Å². The fourth-order valence-electron chi connectivity index (χ4n) is 2.40. The van der Waals surface area contributed by atoms with Gasteiger partial charge in [-0.05, 0) is 36.4 Å². The molecule has 0 aliphatic heterocycles. The molecule has 0 fully saturated rings. The van der Waals surface area contributed by atoms with Crippen LogP contribution in [0, 0.1) is 0 Å². The van der Waals surface area contributed by atoms with Crippen LogP contribution in [0.3, 0.4) is 0 Å². The quantitative estimate of drug-likeness (QED) is 0.559. The maximum absolute atomic E-state index is 12.2. The number of primary amides is 1. The van der Waals surface area contributed by atoms with Crippen LogP contribution in [-0.4, -0.2) is 30.0 Å². The maximum atomic E-state index is 12.2. The van der Waals surface area contributed by atoms with E-state index in [1.807, 2.05) is 0 Å². The van der Waals surface area contributed by atoms with Crippen LogP contribution in [0.15, 0.2) is 48.5 Å². The van der Waals surface area contributed by atoms with E-state index in [2.05, 4.69) is 10.6 Å². The highest BCUT2D eigenvalue weighted by Gasteiger charge is 2.14. The first kappa shape index (κ1) is 21.1. The molecule has 8 heteroatoms. The molecule has 7 nitrogen and oxygen atoms in total. The minimum Gasteiger partial charge on any atom is -0.370 e. The van der Waals surface area contributed by atoms with Crippen molar-refractivity contribution in [1.29, 1.82) is 0 Å². The number of anilines is 1. The number of hydrogen-bond donors (Lipinski definition) is 3. The lowest BCUT2D eigenvalue weighted by Gasteiger charge is -2.11. The van der Waals surface area contributed by atoms with Gasteiger partial charge in [0.15, 0.2) is 5.78 Å². The van der Waals surface area contributed by atoms with Gasteiger partial charge in [0.1, 0.15) is 0 Å². The van der Waals surface area contributed by atoms with Gasteiger partial charge in [-0.3, -0.25) is 19.2 Å². The number of benzene rings is 2. The molecule has 0 saturated carbocycles. The predicted molar refractivity (Wildman–Crippen MR) is 106 cm³/mol. The van der Waals surface area contributed by atoms with Crippen molar-refractivity contribution in [1.82, 2.24) is 5.32 Å². The van der Waals surface area contributed by atoms with Crippen molar-refractivity contribution in [2.24, 2.45) is 5.73 Å². The van der Waals surface area contributed by atoms with Crippen LogP contribution >= 0.6 is 11.6 Å². The molecule has 2 aromatic rings. The summed E-state index contributed by atoms with van der Waals surface area (Å²) >= 11 is 5.79. The Morgan fingerprint density at radius 3 is 2.25 bits per heavy atom. The third-order valence-corrected chi connectivity index (χ3v) is 4.10. The van der Waals surface area contributed by atoms with Crippen molar-refractivity contribution in [2.75, 3.05) is 11.9 Å². The highest BCUT2D eigenvalue weighted by atomic mass is 35.5. The lowest BCUT2D eigenvalue weighted by atomic mass is 10.1. The van der Waals surface area contributed by atoms with E-state index in [1.54, 1.807) is 48.5 Å². The lowest BCUT2D eigenvalue weighted by molar-refractivity contribution is -0.118. The summed E-state index contributed by atoms with van der Waals surface area (Å²) in [6.45, 7) is 0.103. The Kier molecular flexibility index (Phi) is 7.71. The second-order valence-electron chi connectivity index (χ2n) is 6.00. The van der Waals surface area contributed by atoms with Gasteiger partial charge in [-0.25, -0.2) is 0 Å². The number of Topliss-reactive ketones (excluding diaryl/α,β-unsaturated/α-hetero) is 1. The van der Waals surface area contributed by atoms with Crippen LogP contribution in [-0.2, 0) is 9.59 Å². The number of halogens is 1. The number of ketones is 1. The molecule has 0 radical (unpaired) electrons. The van der Waals surface area contributed by atoms with Gasteiger partial charge in [-0.1, -0.05) is 23.7 Å². The van der Waals surface area contributed by atoms with Crippen LogP contribution in [0.2, 0.25) is 5.02 Å². The minimum atomic E-state index is -0.521. The summed E-state index contributed by atoms with van der Waals surface area (Å²) in [5.74, 6) is -1.52. The van der Waals surface area contributed by atoms with Gasteiger partial charge in [0.05, 0.1) is 11.3 Å². The van der Waals surface area contributed by atoms with Crippen molar-refractivity contribution < 1.29 is 19.2 Å². The standard InChI is InChI=1S/C20H20ClN3O4/c21-14-7-5-13(6-8-14)17(25)9-10-19(27)24-16-4-2-1-3-15(16)20(28)23-12-11-18(22)26/h1-8H,9-12H2,(H2,22,26)(H,23,28)(H,24,27). The van der Waals surface area contributed by atoms with Gasteiger partial charge in [0, 0.05) is 36.4 Å². The molecule has 0 unspecified atom stereocenters. The third kappa shape index (κ3) is 6.51. The lowest BCUT2D eigenvalue weighted by Crippen LogP contribution is -2.28. The summed E-state index contributed by atoms with van der Waals surface area (Å²) in [6.07, 6.45) is 0.0204. The maximum Gasteiger partial charge on any atom is 0.253 e. The average Bonchev–Trinajstić information content (AvgIpc) is 2.66. The topological polar surface area (TPSA) is 118 Å². The van der Waals surface area contributed by atoms with Crippen LogP contribution in [0.4, 0.5) is 5.69 Å². The Bertz CT molecular complexity index is 881. The summed E-state index contributed by atoms with van der Waals surface area (Å²) in [5, 5.41) is 5.73. The minimum absolute atomic E-state index is 0.0209. The normalized spacial score (nSPS) is 10.2. The van der Waals surface area contributed by atoms with Crippen molar-refractivity contribution in [3.8, 4) is 0 Å². The summed E-state index contributed by atoms with van der Waals surface area (Å²) < 4.78 is 0. The molecule has 0 saturated heterocycles. The molecule has 0 bridgehead atoms. The molecular weight excluding hydrogens is 382 g/mol. The summed E-state index contributed by atoms with van der Waals surface area (Å²) in [6, 6.07) is 12.9. The van der Waals surface area contributed by atoms with E-state index in [9.17, 15) is 19.2 Å². The van der Waals surface area contributed by atoms with Crippen molar-refractivity contribution in [3.63, 3.8) is 0 Å². The second-order valence-corrected chi connectivity index (χ2v) is 6.43. The molecule has 2 aromatic carbocycles. The molecule has 28 heavy (non-hydrogen) atoms. The molecule has 3 amide bonds. The number of rotatable bonds is 9. The fraction of sp³-hybridized carbons (Fsp3) is 0.200. The van der Waals surface area contributed by atoms with E-state index >= 15 is 0 Å². The Balaban J connectivity index is 1.92. The van der Waals surface area contributed by atoms with Gasteiger partial charge in [0.2, 0.25) is 11.8 Å². The fourth-order valence-corrected chi connectivity index (χ4v) is 2.53. The number of para-hydroxylation sites is 1. The zero-order valence-electron chi connectivity index (χ0n) is 15.0. The molecule has 0 aromatic heterocycles. The first-order valence-corrected chi connectivity index (χ1v) is 8.99. The van der Waals surface area contributed by atoms with Crippen molar-refractivity contribution in [2.45, 2.75) is 19.3 Å². The molecule has 0 atom stereocenters. The zero-order chi connectivity index (χ0) is 20.5. The Labute approximate surface area is 167 Å². The Hall–Kier alpha value is -3.19. The van der Waals surface area contributed by atoms with Gasteiger partial charge in [-0.15, -0.1) is 0 Å². The van der Waals surface area contributed by atoms with Gasteiger partial charge in [0.25, 0.3) is 5.91 Å². The third-order valence-electron chi connectivity index (χ3n) is 3.85. The number of hydrogen-bond acceptors (Lipinski definition) is 4. The van der Waals surface area contributed by atoms with Gasteiger partial charge < -0.3 is 16.4 Å². The summed E-state index contributed by atoms with van der Waals surface area (Å²) in [7, 11) is 0. The molecule has 2 rings (SSSR count). The van der Waals surface area contributed by atoms with Crippen molar-refractivity contribution in [3.05, 3.63) is 64.7 Å². The number of nitrogens with one attached hydrogen (secondary N) is 2. The smallest absolute Gasteiger partial charge is 0.253 e. The van der Waals surface area contributed by atoms with E-state index in [1.165, 1.54) is 0 Å². The highest BCUT2D eigenvalue weighted by Crippen LogP contribution is 2.16. The van der Waals surface area contributed by atoms with E-state index < -0.39 is 11.8 Å². The molecular formula is C20H20ClN3O4. The Morgan fingerprint density at radius 1 is 0.893 bits per heavy atom. The predicted octanol–water partition coefficient (Wildman–Crippen LogP) is 2.55. The van der Waals surface area contributed by atoms with E-state index in [0.29, 0.717) is 16.3 Å². The number of amides is 3. The van der Waals surface area contributed by atoms with E-state index in [0.717, 1.165) is 0 Å². The monoisotopic (exact) mass is 401 g/mol. The van der Waals surface area contributed by atoms with Crippen LogP contribution in [0.25, 0.3) is 0 Å². The van der Waals surface area contributed by atoms with Gasteiger partial charge in [-0.2, -0.15) is 0 Å². The van der Waals surface area contributed by atoms with Crippen LogP contribution in [0.1, 0.15) is 40.0 Å². The summed E-state index contributed by atoms with van der Waals surface area (Å²) in [4.78, 5) is 47.3. The van der Waals surface area contributed by atoms with E-state index in [4.69, 9.17) is 17.3 Å². The second kappa shape index (κ2) is 10.2. The van der Waals surface area contributed by atoms with E-state index in [-0.39, 0.29) is 43.1 Å². The van der Waals surface area contributed by atoms with Crippen LogP contribution < -0.4 is 16.4 Å². The average molecular weight is 402 g/mol. The largest absolute Gasteiger partial charge is 0.370 e. The number of nitrogens with two attached hydrogens (primary N) is 1. The molecule has 0 aliphatic rings. The summed E-state index contributed by atoms with van der Waals surface area (Å²) in [5.41, 5.74) is 6.09. The highest BCUT2D eigenvalue weighted by molar-refractivity contribution is 6.30. The molecule has 4 N–H and O–H groups in total. The van der Waals surface area contributed by atoms with Gasteiger partial charge >= 0.3 is 0 Å². The number of carbonyl (C=O) groups is 4. The first-order chi connectivity index (χ1) is 13.4. The zero-order valence-corrected chi connectivity index (χ0v) is 15.8. The molecule has 146 valence electrons. The SMILES string of the molecule is NC(=O)CCNC(=O)c1ccccc1NC(=O)CCC(=O)c1ccc(Cl)cc1. The first-order valence-electron chi connectivity index (χ1n) is 8.61. The molecule has 0 aliphatic carbocycles. The molecule has 0 spiro atoms. The molecule has 0 heterocycles.